The van der Waals surface area contributed by atoms with Crippen molar-refractivity contribution in [2.75, 3.05) is 5.32 Å². The average molecular weight is 305 g/mol. The predicted octanol–water partition coefficient (Wildman–Crippen LogP) is 1.94. The minimum atomic E-state index is -0.595. The smallest absolute Gasteiger partial charge is 0.342 e. The Morgan fingerprint density at radius 3 is 2.95 bits per heavy atom. The van der Waals surface area contributed by atoms with Gasteiger partial charge in [-0.15, -0.1) is 0 Å². The van der Waals surface area contributed by atoms with E-state index in [-0.39, 0.29) is 12.5 Å². The van der Waals surface area contributed by atoms with E-state index in [4.69, 9.17) is 21.4 Å². The molecule has 118 valence electrons. The third-order valence-electron chi connectivity index (χ3n) is 3.36. The summed E-state index contributed by atoms with van der Waals surface area (Å²) >= 11 is 0. The molecule has 1 aliphatic rings. The number of anilines is 1. The van der Waals surface area contributed by atoms with Crippen LogP contribution in [-0.2, 0) is 18.4 Å². The molecule has 0 unspecified atom stereocenters. The summed E-state index contributed by atoms with van der Waals surface area (Å²) in [7, 11) is 1.82. The summed E-state index contributed by atoms with van der Waals surface area (Å²) in [6.45, 7) is 0.191. The maximum atomic E-state index is 11.6. The molecule has 1 aromatic rings. The number of hydrogen-bond donors (Lipinski definition) is 5. The fourth-order valence-electron chi connectivity index (χ4n) is 2.23. The molecule has 6 N–H and O–H groups in total. The van der Waals surface area contributed by atoms with Crippen molar-refractivity contribution in [1.29, 1.82) is 10.9 Å². The van der Waals surface area contributed by atoms with Crippen LogP contribution in [0.1, 0.15) is 29.9 Å². The summed E-state index contributed by atoms with van der Waals surface area (Å²) in [6.07, 6.45) is 6.57. The van der Waals surface area contributed by atoms with Crippen LogP contribution in [0.3, 0.4) is 0 Å². The molecule has 0 aliphatic heterocycles. The van der Waals surface area contributed by atoms with Crippen molar-refractivity contribution in [3.05, 3.63) is 29.3 Å². The number of nitrogens with zero attached hydrogens (tertiary/aromatic N) is 2. The lowest BCUT2D eigenvalue weighted by Gasteiger charge is -2.11. The van der Waals surface area contributed by atoms with Gasteiger partial charge in [0.1, 0.15) is 12.4 Å². The zero-order valence-corrected chi connectivity index (χ0v) is 12.2. The third-order valence-corrected chi connectivity index (χ3v) is 3.36. The Balaban J connectivity index is 2.23. The molecule has 0 bridgehead atoms. The Morgan fingerprint density at radius 1 is 1.64 bits per heavy atom. The minimum Gasteiger partial charge on any atom is -0.474 e. The van der Waals surface area contributed by atoms with Gasteiger partial charge in [0.15, 0.2) is 5.88 Å². The lowest BCUT2D eigenvalue weighted by atomic mass is 10.1. The van der Waals surface area contributed by atoms with Gasteiger partial charge in [-0.3, -0.25) is 5.32 Å². The highest BCUT2D eigenvalue weighted by Crippen LogP contribution is 2.44. The number of urea groups is 1. The molecular weight excluding hydrogens is 286 g/mol. The number of carbonyl (C=O) groups is 1. The molecular formula is C13H19N7O2. The number of nitrogens with two attached hydrogens (primary N) is 1. The van der Waals surface area contributed by atoms with E-state index in [0.717, 1.165) is 30.2 Å². The van der Waals surface area contributed by atoms with Gasteiger partial charge in [0.05, 0.1) is 0 Å². The number of aryl methyl sites for hydroxylation is 1. The van der Waals surface area contributed by atoms with Crippen LogP contribution in [0.5, 0.6) is 0 Å². The van der Waals surface area contributed by atoms with Gasteiger partial charge in [-0.05, 0) is 24.3 Å². The van der Waals surface area contributed by atoms with Crippen molar-refractivity contribution in [3.8, 4) is 0 Å². The monoisotopic (exact) mass is 305 g/mol. The number of nitrogens with one attached hydrogen (secondary N) is 4. The number of rotatable bonds is 7. The number of carbonyl (C=O) groups excluding carboxylic acids is 1. The fourth-order valence-corrected chi connectivity index (χ4v) is 2.23. The SMILES string of the molecule is Cn1cc(C2CC2)c(COC(N)=CC=N)c1NC(=O)NN=N. The predicted molar refractivity (Wildman–Crippen MR) is 80.5 cm³/mol. The minimum absolute atomic E-state index is 0.136. The molecule has 0 atom stereocenters. The molecule has 1 aliphatic carbocycles. The molecule has 0 radical (unpaired) electrons. The normalized spacial score (nSPS) is 14.3. The van der Waals surface area contributed by atoms with Crippen LogP contribution in [0.25, 0.3) is 0 Å². The first-order valence-electron chi connectivity index (χ1n) is 6.77. The van der Waals surface area contributed by atoms with Crippen LogP contribution in [0.2, 0.25) is 0 Å². The van der Waals surface area contributed by atoms with Crippen LogP contribution in [0, 0.1) is 10.9 Å². The average Bonchev–Trinajstić information content (AvgIpc) is 3.25. The van der Waals surface area contributed by atoms with Crippen LogP contribution in [0.4, 0.5) is 10.6 Å². The van der Waals surface area contributed by atoms with Crippen LogP contribution >= 0.6 is 0 Å². The van der Waals surface area contributed by atoms with Gasteiger partial charge < -0.3 is 20.4 Å². The van der Waals surface area contributed by atoms with Gasteiger partial charge in [-0.2, -0.15) is 5.53 Å². The summed E-state index contributed by atoms with van der Waals surface area (Å²) in [5.74, 6) is 1.18. The zero-order valence-electron chi connectivity index (χ0n) is 12.2. The molecule has 0 spiro atoms. The molecule has 1 aromatic heterocycles. The van der Waals surface area contributed by atoms with Crippen molar-refractivity contribution >= 4 is 18.1 Å². The largest absolute Gasteiger partial charge is 0.474 e. The van der Waals surface area contributed by atoms with E-state index in [1.807, 2.05) is 18.7 Å². The van der Waals surface area contributed by atoms with E-state index in [1.54, 1.807) is 4.57 Å². The summed E-state index contributed by atoms with van der Waals surface area (Å²) in [6, 6.07) is -0.595. The van der Waals surface area contributed by atoms with E-state index < -0.39 is 6.03 Å². The second-order valence-corrected chi connectivity index (χ2v) is 5.00. The number of ether oxygens (including phenoxy) is 1. The van der Waals surface area contributed by atoms with E-state index in [1.165, 1.54) is 6.08 Å². The van der Waals surface area contributed by atoms with Crippen LogP contribution in [-0.4, -0.2) is 16.8 Å². The van der Waals surface area contributed by atoms with Crippen molar-refractivity contribution in [2.24, 2.45) is 18.0 Å². The first-order chi connectivity index (χ1) is 10.6. The Bertz CT molecular complexity index is 616. The number of allylic oxidation sites excluding steroid dienone is 1. The van der Waals surface area contributed by atoms with Gasteiger partial charge in [0.2, 0.25) is 0 Å². The summed E-state index contributed by atoms with van der Waals surface area (Å²) in [4.78, 5) is 11.6. The summed E-state index contributed by atoms with van der Waals surface area (Å²) in [5, 5.41) is 12.5. The molecule has 22 heavy (non-hydrogen) atoms. The van der Waals surface area contributed by atoms with Gasteiger partial charge in [0, 0.05) is 31.1 Å². The number of hydrogen-bond acceptors (Lipinski definition) is 6. The first-order valence-corrected chi connectivity index (χ1v) is 6.77. The van der Waals surface area contributed by atoms with Gasteiger partial charge in [-0.1, -0.05) is 5.22 Å². The molecule has 0 saturated heterocycles. The number of amides is 2. The number of aromatic nitrogens is 1. The lowest BCUT2D eigenvalue weighted by Crippen LogP contribution is -2.25. The molecule has 0 aromatic carbocycles. The quantitative estimate of drug-likeness (QED) is 0.227. The molecule has 2 rings (SSSR count). The van der Waals surface area contributed by atoms with Crippen molar-refractivity contribution in [1.82, 2.24) is 9.99 Å². The highest BCUT2D eigenvalue weighted by atomic mass is 16.5. The summed E-state index contributed by atoms with van der Waals surface area (Å²) in [5.41, 5.74) is 16.2. The lowest BCUT2D eigenvalue weighted by molar-refractivity contribution is 0.196. The zero-order chi connectivity index (χ0) is 16.1. The highest BCUT2D eigenvalue weighted by Gasteiger charge is 2.30. The maximum absolute atomic E-state index is 11.6. The Hall–Kier alpha value is -2.84. The summed E-state index contributed by atoms with van der Waals surface area (Å²) < 4.78 is 7.22. The Kier molecular flexibility index (Phi) is 4.77. The fraction of sp³-hybridized carbons (Fsp3) is 0.385. The van der Waals surface area contributed by atoms with Gasteiger partial charge in [0.25, 0.3) is 0 Å². The van der Waals surface area contributed by atoms with E-state index in [2.05, 4.69) is 10.5 Å². The molecule has 1 saturated carbocycles. The molecule has 2 amide bonds. The molecule has 9 nitrogen and oxygen atoms in total. The van der Waals surface area contributed by atoms with Gasteiger partial charge in [-0.25, -0.2) is 10.2 Å². The van der Waals surface area contributed by atoms with Crippen LogP contribution < -0.4 is 16.5 Å². The molecule has 9 heteroatoms. The van der Waals surface area contributed by atoms with E-state index in [0.29, 0.717) is 11.7 Å². The van der Waals surface area contributed by atoms with Crippen molar-refractivity contribution < 1.29 is 9.53 Å². The first kappa shape index (κ1) is 15.5. The molecule has 1 heterocycles. The maximum Gasteiger partial charge on any atom is 0.342 e. The van der Waals surface area contributed by atoms with Crippen molar-refractivity contribution in [3.63, 3.8) is 0 Å². The standard InChI is InChI=1S/C13H19N7O2/c1-20-6-9(8-2-3-8)10(7-22-11(15)4-5-14)12(20)17-13(21)18-19-16/h4-6,8,14H,2-3,7,15H2,1H3,(H3,16,17,18,21). The van der Waals surface area contributed by atoms with Crippen molar-refractivity contribution in [2.45, 2.75) is 25.4 Å². The van der Waals surface area contributed by atoms with Crippen LogP contribution in [0.15, 0.2) is 23.4 Å². The highest BCUT2D eigenvalue weighted by molar-refractivity contribution is 5.89. The third kappa shape index (κ3) is 3.62. The van der Waals surface area contributed by atoms with E-state index in [9.17, 15) is 4.79 Å². The Labute approximate surface area is 127 Å². The van der Waals surface area contributed by atoms with E-state index >= 15 is 0 Å². The Morgan fingerprint density at radius 2 is 2.36 bits per heavy atom. The van der Waals surface area contributed by atoms with Gasteiger partial charge >= 0.3 is 6.03 Å². The second kappa shape index (κ2) is 6.74. The molecule has 1 fully saturated rings. The topological polar surface area (TPSA) is 141 Å². The second-order valence-electron chi connectivity index (χ2n) is 5.00.